The molecular formula is C31H28Cl2FN3O4S. The van der Waals surface area contributed by atoms with E-state index in [0.717, 1.165) is 34.1 Å². The Hall–Kier alpha value is -3.92. The van der Waals surface area contributed by atoms with Crippen molar-refractivity contribution in [2.75, 3.05) is 17.9 Å². The van der Waals surface area contributed by atoms with Crippen LogP contribution in [0, 0.1) is 5.82 Å². The summed E-state index contributed by atoms with van der Waals surface area (Å²) < 4.78 is 42.2. The number of benzene rings is 4. The Labute approximate surface area is 254 Å². The van der Waals surface area contributed by atoms with E-state index in [1.807, 2.05) is 30.3 Å². The minimum atomic E-state index is -4.33. The van der Waals surface area contributed by atoms with Crippen molar-refractivity contribution in [2.45, 2.75) is 23.9 Å². The molecule has 0 bridgehead atoms. The summed E-state index contributed by atoms with van der Waals surface area (Å²) in [6.45, 7) is -0.824. The number of sulfonamides is 1. The van der Waals surface area contributed by atoms with Crippen LogP contribution in [-0.2, 0) is 32.6 Å². The number of amides is 2. The van der Waals surface area contributed by atoms with Gasteiger partial charge in [-0.25, -0.2) is 12.8 Å². The lowest BCUT2D eigenvalue weighted by atomic mass is 10.0. The summed E-state index contributed by atoms with van der Waals surface area (Å²) in [6, 6.07) is 25.4. The fourth-order valence-corrected chi connectivity index (χ4v) is 6.36. The van der Waals surface area contributed by atoms with Gasteiger partial charge in [-0.1, -0.05) is 77.8 Å². The topological polar surface area (TPSA) is 86.8 Å². The SMILES string of the molecule is CNC(=O)C(Cc1ccccc1)N(Cc1c(Cl)cccc1Cl)C(=O)CN(c1ccccc1)S(=O)(=O)c1ccc(F)cc1. The van der Waals surface area contributed by atoms with Crippen LogP contribution in [0.1, 0.15) is 11.1 Å². The average Bonchev–Trinajstić information content (AvgIpc) is 2.99. The fourth-order valence-electron chi connectivity index (χ4n) is 4.43. The third-order valence-electron chi connectivity index (χ3n) is 6.63. The zero-order valence-electron chi connectivity index (χ0n) is 22.6. The normalized spacial score (nSPS) is 11.9. The highest BCUT2D eigenvalue weighted by molar-refractivity contribution is 7.92. The molecule has 4 aromatic rings. The molecule has 0 fully saturated rings. The molecule has 4 rings (SSSR count). The van der Waals surface area contributed by atoms with Gasteiger partial charge < -0.3 is 10.2 Å². The van der Waals surface area contributed by atoms with E-state index < -0.39 is 40.2 Å². The predicted molar refractivity (Wildman–Crippen MR) is 162 cm³/mol. The molecule has 0 heterocycles. The van der Waals surface area contributed by atoms with Crippen LogP contribution >= 0.6 is 23.2 Å². The first kappa shape index (κ1) is 31.0. The van der Waals surface area contributed by atoms with Crippen LogP contribution in [0.15, 0.2) is 108 Å². The van der Waals surface area contributed by atoms with Crippen LogP contribution in [0.4, 0.5) is 10.1 Å². The number of carbonyl (C=O) groups excluding carboxylic acids is 2. The number of nitrogens with one attached hydrogen (secondary N) is 1. The molecule has 0 saturated carbocycles. The summed E-state index contributed by atoms with van der Waals surface area (Å²) in [4.78, 5) is 28.6. The number of hydrogen-bond donors (Lipinski definition) is 1. The van der Waals surface area contributed by atoms with E-state index in [1.165, 1.54) is 11.9 Å². The summed E-state index contributed by atoms with van der Waals surface area (Å²) in [7, 11) is -2.87. The van der Waals surface area contributed by atoms with Gasteiger partial charge in [0.1, 0.15) is 18.4 Å². The van der Waals surface area contributed by atoms with Crippen LogP contribution in [0.2, 0.25) is 10.0 Å². The first-order valence-corrected chi connectivity index (χ1v) is 15.1. The maximum atomic E-state index is 14.2. The number of halogens is 3. The van der Waals surface area contributed by atoms with Crippen LogP contribution < -0.4 is 9.62 Å². The molecule has 4 aromatic carbocycles. The molecule has 1 atom stereocenters. The molecule has 0 aliphatic carbocycles. The smallest absolute Gasteiger partial charge is 0.264 e. The fraction of sp³-hybridized carbons (Fsp3) is 0.161. The van der Waals surface area contributed by atoms with Gasteiger partial charge in [0.25, 0.3) is 10.0 Å². The summed E-state index contributed by atoms with van der Waals surface area (Å²) in [5, 5.41) is 3.19. The minimum absolute atomic E-state index is 0.143. The zero-order valence-corrected chi connectivity index (χ0v) is 24.9. The standard InChI is InChI=1S/C31H28Cl2FN3O4S/c1-35-31(39)29(19-22-9-4-2-5-10-22)36(20-26-27(32)13-8-14-28(26)33)30(38)21-37(24-11-6-3-7-12-24)42(40,41)25-17-15-23(34)16-18-25/h2-18,29H,19-21H2,1H3,(H,35,39). The highest BCUT2D eigenvalue weighted by Crippen LogP contribution is 2.29. The van der Waals surface area contributed by atoms with Crippen molar-refractivity contribution in [3.63, 3.8) is 0 Å². The third kappa shape index (κ3) is 7.28. The quantitative estimate of drug-likeness (QED) is 0.231. The average molecular weight is 629 g/mol. The molecule has 0 aliphatic rings. The zero-order chi connectivity index (χ0) is 30.3. The summed E-state index contributed by atoms with van der Waals surface area (Å²) in [6.07, 6.45) is 0.143. The first-order valence-electron chi connectivity index (χ1n) is 12.9. The number of anilines is 1. The van der Waals surface area contributed by atoms with E-state index >= 15 is 0 Å². The van der Waals surface area contributed by atoms with Gasteiger partial charge in [-0.2, -0.15) is 0 Å². The molecule has 42 heavy (non-hydrogen) atoms. The first-order chi connectivity index (χ1) is 20.1. The van der Waals surface area contributed by atoms with Gasteiger partial charge in [-0.15, -0.1) is 0 Å². The van der Waals surface area contributed by atoms with E-state index in [0.29, 0.717) is 5.56 Å². The Morgan fingerprint density at radius 3 is 1.98 bits per heavy atom. The lowest BCUT2D eigenvalue weighted by molar-refractivity contribution is -0.139. The van der Waals surface area contributed by atoms with Crippen LogP contribution in [0.5, 0.6) is 0 Å². The third-order valence-corrected chi connectivity index (χ3v) is 9.13. The number of likely N-dealkylation sites (N-methyl/N-ethyl adjacent to an activating group) is 1. The van der Waals surface area contributed by atoms with Crippen molar-refractivity contribution in [3.05, 3.63) is 130 Å². The highest BCUT2D eigenvalue weighted by atomic mass is 35.5. The molecule has 0 aliphatic heterocycles. The molecule has 1 unspecified atom stereocenters. The molecule has 7 nitrogen and oxygen atoms in total. The number of rotatable bonds is 11. The van der Waals surface area contributed by atoms with Crippen LogP contribution in [0.3, 0.4) is 0 Å². The predicted octanol–water partition coefficient (Wildman–Crippen LogP) is 5.71. The monoisotopic (exact) mass is 627 g/mol. The van der Waals surface area contributed by atoms with Gasteiger partial charge in [0.05, 0.1) is 10.6 Å². The van der Waals surface area contributed by atoms with E-state index in [1.54, 1.807) is 48.5 Å². The van der Waals surface area contributed by atoms with Crippen molar-refractivity contribution in [1.29, 1.82) is 0 Å². The van der Waals surface area contributed by atoms with Crippen molar-refractivity contribution >= 4 is 50.7 Å². The number of para-hydroxylation sites is 1. The lowest BCUT2D eigenvalue weighted by Crippen LogP contribution is -2.53. The summed E-state index contributed by atoms with van der Waals surface area (Å²) >= 11 is 12.9. The van der Waals surface area contributed by atoms with E-state index in [4.69, 9.17) is 23.2 Å². The molecule has 0 spiro atoms. The van der Waals surface area contributed by atoms with E-state index in [9.17, 15) is 22.4 Å². The van der Waals surface area contributed by atoms with Gasteiger partial charge in [0.15, 0.2) is 0 Å². The van der Waals surface area contributed by atoms with Gasteiger partial charge in [-0.05, 0) is 54.1 Å². The summed E-state index contributed by atoms with van der Waals surface area (Å²) in [5.74, 6) is -1.73. The maximum Gasteiger partial charge on any atom is 0.264 e. The highest BCUT2D eigenvalue weighted by Gasteiger charge is 2.35. The Balaban J connectivity index is 1.80. The molecule has 0 radical (unpaired) electrons. The van der Waals surface area contributed by atoms with Gasteiger partial charge in [0, 0.05) is 35.6 Å². The molecule has 0 aromatic heterocycles. The second-order valence-electron chi connectivity index (χ2n) is 9.34. The molecule has 2 amide bonds. The van der Waals surface area contributed by atoms with Crippen molar-refractivity contribution in [1.82, 2.24) is 10.2 Å². The van der Waals surface area contributed by atoms with Crippen LogP contribution in [0.25, 0.3) is 0 Å². The molecule has 1 N–H and O–H groups in total. The Kier molecular flexibility index (Phi) is 10.2. The lowest BCUT2D eigenvalue weighted by Gasteiger charge is -2.34. The van der Waals surface area contributed by atoms with Crippen molar-refractivity contribution in [2.24, 2.45) is 0 Å². The van der Waals surface area contributed by atoms with Crippen molar-refractivity contribution in [3.8, 4) is 0 Å². The van der Waals surface area contributed by atoms with Crippen LogP contribution in [-0.4, -0.2) is 44.8 Å². The number of nitrogens with zero attached hydrogens (tertiary/aromatic N) is 2. The Bertz CT molecular complexity index is 1620. The second-order valence-corrected chi connectivity index (χ2v) is 12.0. The van der Waals surface area contributed by atoms with Gasteiger partial charge >= 0.3 is 0 Å². The molecule has 11 heteroatoms. The minimum Gasteiger partial charge on any atom is -0.357 e. The van der Waals surface area contributed by atoms with Gasteiger partial charge in [-0.3, -0.25) is 13.9 Å². The van der Waals surface area contributed by atoms with E-state index in [-0.39, 0.29) is 33.6 Å². The number of hydrogen-bond acceptors (Lipinski definition) is 4. The Morgan fingerprint density at radius 2 is 1.40 bits per heavy atom. The van der Waals surface area contributed by atoms with Gasteiger partial charge in [0.2, 0.25) is 11.8 Å². The maximum absolute atomic E-state index is 14.2. The molecule has 218 valence electrons. The second kappa shape index (κ2) is 13.8. The number of carbonyl (C=O) groups is 2. The largest absolute Gasteiger partial charge is 0.357 e. The molecule has 0 saturated heterocycles. The molecular weight excluding hydrogens is 600 g/mol. The Morgan fingerprint density at radius 1 is 0.833 bits per heavy atom. The summed E-state index contributed by atoms with van der Waals surface area (Å²) in [5.41, 5.74) is 1.40. The van der Waals surface area contributed by atoms with Crippen molar-refractivity contribution < 1.29 is 22.4 Å². The van der Waals surface area contributed by atoms with E-state index in [2.05, 4.69) is 5.32 Å².